The summed E-state index contributed by atoms with van der Waals surface area (Å²) in [5, 5.41) is 44.9. The predicted molar refractivity (Wildman–Crippen MR) is 101 cm³/mol. The van der Waals surface area contributed by atoms with Crippen LogP contribution in [0.5, 0.6) is 5.75 Å². The highest BCUT2D eigenvalue weighted by molar-refractivity contribution is 5.91. The van der Waals surface area contributed by atoms with Gasteiger partial charge in [0.2, 0.25) is 6.29 Å². The summed E-state index contributed by atoms with van der Waals surface area (Å²) in [6.07, 6.45) is -1.15. The second-order valence-corrected chi connectivity index (χ2v) is 7.44. The van der Waals surface area contributed by atoms with Crippen LogP contribution in [0.4, 0.5) is 0 Å². The van der Waals surface area contributed by atoms with Crippen molar-refractivity contribution in [2.45, 2.75) is 49.5 Å². The second kappa shape index (κ2) is 8.28. The number of aromatic nitrogens is 1. The van der Waals surface area contributed by atoms with Gasteiger partial charge in [0, 0.05) is 23.5 Å². The van der Waals surface area contributed by atoms with E-state index in [9.17, 15) is 20.4 Å². The molecule has 4 rings (SSSR count). The van der Waals surface area contributed by atoms with E-state index in [4.69, 9.17) is 9.47 Å². The molecule has 5 N–H and O–H groups in total. The van der Waals surface area contributed by atoms with Gasteiger partial charge in [-0.2, -0.15) is 0 Å². The molecule has 28 heavy (non-hydrogen) atoms. The molecular formula is C20H26N2O6. The molecule has 0 bridgehead atoms. The van der Waals surface area contributed by atoms with E-state index in [1.807, 2.05) is 12.1 Å². The first-order valence-electron chi connectivity index (χ1n) is 9.64. The summed E-state index contributed by atoms with van der Waals surface area (Å²) in [5.41, 5.74) is 1.13. The van der Waals surface area contributed by atoms with Gasteiger partial charge in [-0.15, -0.1) is 0 Å². The lowest BCUT2D eigenvalue weighted by molar-refractivity contribution is -0.277. The Kier molecular flexibility index (Phi) is 5.77. The zero-order valence-corrected chi connectivity index (χ0v) is 15.4. The van der Waals surface area contributed by atoms with Crippen LogP contribution in [0.15, 0.2) is 30.6 Å². The van der Waals surface area contributed by atoms with E-state index in [2.05, 4.69) is 16.4 Å². The van der Waals surface area contributed by atoms with Gasteiger partial charge in [0.05, 0.1) is 12.8 Å². The Hall–Kier alpha value is -1.81. The zero-order valence-electron chi connectivity index (χ0n) is 15.4. The maximum atomic E-state index is 10.3. The molecular weight excluding hydrogens is 364 g/mol. The maximum absolute atomic E-state index is 10.3. The number of fused-ring (bicyclic) bond motifs is 1. The van der Waals surface area contributed by atoms with Crippen molar-refractivity contribution in [1.29, 1.82) is 0 Å². The molecule has 0 unspecified atom stereocenters. The molecule has 2 saturated heterocycles. The lowest BCUT2D eigenvalue weighted by atomic mass is 9.88. The van der Waals surface area contributed by atoms with Gasteiger partial charge in [0.15, 0.2) is 0 Å². The van der Waals surface area contributed by atoms with E-state index in [-0.39, 0.29) is 0 Å². The Balaban J connectivity index is 1.68. The molecule has 6 atom stereocenters. The van der Waals surface area contributed by atoms with Gasteiger partial charge in [-0.25, -0.2) is 0 Å². The zero-order chi connectivity index (χ0) is 19.7. The Morgan fingerprint density at radius 3 is 2.75 bits per heavy atom. The lowest BCUT2D eigenvalue weighted by Gasteiger charge is -2.39. The van der Waals surface area contributed by atoms with E-state index in [1.165, 1.54) is 0 Å². The number of hydrogen-bond acceptors (Lipinski definition) is 8. The van der Waals surface area contributed by atoms with Gasteiger partial charge in [0.25, 0.3) is 0 Å². The van der Waals surface area contributed by atoms with Crippen molar-refractivity contribution in [3.05, 3.63) is 36.2 Å². The fraction of sp³-hybridized carbons (Fsp3) is 0.550. The molecule has 3 heterocycles. The summed E-state index contributed by atoms with van der Waals surface area (Å²) >= 11 is 0. The number of nitrogens with one attached hydrogen (secondary N) is 1. The first-order chi connectivity index (χ1) is 13.6. The van der Waals surface area contributed by atoms with Crippen LogP contribution in [0, 0.1) is 0 Å². The quantitative estimate of drug-likeness (QED) is 0.490. The fourth-order valence-corrected chi connectivity index (χ4v) is 4.07. The molecule has 2 fully saturated rings. The van der Waals surface area contributed by atoms with Crippen molar-refractivity contribution in [3.8, 4) is 5.75 Å². The SMILES string of the molecule is OC[C@H]1O[C@@H](Oc2cncc3cccc([C@@H]4CCCNC4)c23)[C@H](O)[C@H](O)[C@@H]1O. The van der Waals surface area contributed by atoms with Crippen LogP contribution in [0.3, 0.4) is 0 Å². The number of pyridine rings is 1. The van der Waals surface area contributed by atoms with E-state index < -0.39 is 37.3 Å². The molecule has 2 aromatic rings. The fourth-order valence-electron chi connectivity index (χ4n) is 4.07. The minimum Gasteiger partial charge on any atom is -0.460 e. The Bertz CT molecular complexity index is 805. The Morgan fingerprint density at radius 1 is 1.14 bits per heavy atom. The van der Waals surface area contributed by atoms with Gasteiger partial charge < -0.3 is 35.2 Å². The van der Waals surface area contributed by atoms with Crippen LogP contribution >= 0.6 is 0 Å². The molecule has 2 aliphatic rings. The smallest absolute Gasteiger partial charge is 0.229 e. The molecule has 1 aromatic heterocycles. The van der Waals surface area contributed by atoms with E-state index >= 15 is 0 Å². The molecule has 8 nitrogen and oxygen atoms in total. The van der Waals surface area contributed by atoms with Crippen LogP contribution in [0.2, 0.25) is 0 Å². The highest BCUT2D eigenvalue weighted by Gasteiger charge is 2.45. The molecule has 0 saturated carbocycles. The molecule has 0 amide bonds. The monoisotopic (exact) mass is 390 g/mol. The topological polar surface area (TPSA) is 124 Å². The number of aliphatic hydroxyl groups is 4. The number of benzene rings is 1. The summed E-state index contributed by atoms with van der Waals surface area (Å²) in [6, 6.07) is 6.01. The number of nitrogens with zero attached hydrogens (tertiary/aromatic N) is 1. The van der Waals surface area contributed by atoms with Crippen molar-refractivity contribution in [1.82, 2.24) is 10.3 Å². The van der Waals surface area contributed by atoms with Crippen LogP contribution in [0.1, 0.15) is 24.3 Å². The second-order valence-electron chi connectivity index (χ2n) is 7.44. The first kappa shape index (κ1) is 19.5. The van der Waals surface area contributed by atoms with Gasteiger partial charge in [0.1, 0.15) is 30.2 Å². The minimum absolute atomic E-state index is 0.331. The molecule has 8 heteroatoms. The highest BCUT2D eigenvalue weighted by Crippen LogP contribution is 2.36. The summed E-state index contributed by atoms with van der Waals surface area (Å²) in [7, 11) is 0. The van der Waals surface area contributed by atoms with Gasteiger partial charge in [-0.3, -0.25) is 4.98 Å². The van der Waals surface area contributed by atoms with Crippen molar-refractivity contribution in [2.24, 2.45) is 0 Å². The minimum atomic E-state index is -1.49. The molecule has 0 spiro atoms. The predicted octanol–water partition coefficient (Wildman–Crippen LogP) is -0.120. The molecule has 2 aliphatic heterocycles. The van der Waals surface area contributed by atoms with Gasteiger partial charge >= 0.3 is 0 Å². The summed E-state index contributed by atoms with van der Waals surface area (Å²) in [6.45, 7) is 1.38. The van der Waals surface area contributed by atoms with Crippen molar-refractivity contribution in [2.75, 3.05) is 19.7 Å². The molecule has 0 radical (unpaired) electrons. The average molecular weight is 390 g/mol. The summed E-state index contributed by atoms with van der Waals surface area (Å²) in [4.78, 5) is 4.22. The largest absolute Gasteiger partial charge is 0.460 e. The number of hydrogen-bond donors (Lipinski definition) is 5. The summed E-state index contributed by atoms with van der Waals surface area (Å²) in [5.74, 6) is 0.764. The third-order valence-corrected chi connectivity index (χ3v) is 5.61. The number of aliphatic hydroxyl groups excluding tert-OH is 4. The third-order valence-electron chi connectivity index (χ3n) is 5.61. The van der Waals surface area contributed by atoms with Crippen LogP contribution < -0.4 is 10.1 Å². The van der Waals surface area contributed by atoms with Gasteiger partial charge in [-0.1, -0.05) is 18.2 Å². The number of rotatable bonds is 4. The van der Waals surface area contributed by atoms with Crippen LogP contribution in [-0.2, 0) is 4.74 Å². The molecule has 1 aromatic carbocycles. The van der Waals surface area contributed by atoms with Crippen molar-refractivity contribution < 1.29 is 29.9 Å². The average Bonchev–Trinajstić information content (AvgIpc) is 2.74. The summed E-state index contributed by atoms with van der Waals surface area (Å²) < 4.78 is 11.4. The highest BCUT2D eigenvalue weighted by atomic mass is 16.7. The van der Waals surface area contributed by atoms with Crippen molar-refractivity contribution >= 4 is 10.8 Å². The number of piperidine rings is 1. The maximum Gasteiger partial charge on any atom is 0.229 e. The first-order valence-corrected chi connectivity index (χ1v) is 9.64. The number of ether oxygens (including phenoxy) is 2. The van der Waals surface area contributed by atoms with Gasteiger partial charge in [-0.05, 0) is 30.9 Å². The normalized spacial score (nSPS) is 33.7. The van der Waals surface area contributed by atoms with E-state index in [0.717, 1.165) is 42.3 Å². The van der Waals surface area contributed by atoms with E-state index in [1.54, 1.807) is 12.4 Å². The Labute approximate surface area is 162 Å². The Morgan fingerprint density at radius 2 is 2.00 bits per heavy atom. The van der Waals surface area contributed by atoms with Crippen LogP contribution in [0.25, 0.3) is 10.8 Å². The lowest BCUT2D eigenvalue weighted by Crippen LogP contribution is -2.60. The van der Waals surface area contributed by atoms with E-state index in [0.29, 0.717) is 11.7 Å². The van der Waals surface area contributed by atoms with Crippen LogP contribution in [-0.4, -0.2) is 75.8 Å². The standard InChI is InChI=1S/C20H26N2O6/c23-10-15-17(24)18(25)19(26)20(28-15)27-14-9-22-8-12-3-1-5-13(16(12)14)11-4-2-6-21-7-11/h1,3,5,8-9,11,15,17-21,23-26H,2,4,6-7,10H2/t11-,15-,17-,18-,19-,20-/m1/s1. The molecule has 0 aliphatic carbocycles. The van der Waals surface area contributed by atoms with Crippen molar-refractivity contribution in [3.63, 3.8) is 0 Å². The molecule has 152 valence electrons. The third kappa shape index (κ3) is 3.59.